The molecule has 1 saturated carbocycles. The molecule has 1 fully saturated rings. The average Bonchev–Trinajstić information content (AvgIpc) is 3.51. The number of hydrogen-bond acceptors (Lipinski definition) is 5. The van der Waals surface area contributed by atoms with Crippen molar-refractivity contribution in [2.45, 2.75) is 19.3 Å². The molecule has 0 bridgehead atoms. The molecule has 4 heterocycles. The van der Waals surface area contributed by atoms with Gasteiger partial charge >= 0.3 is 0 Å². The molecule has 0 unspecified atom stereocenters. The third-order valence-corrected chi connectivity index (χ3v) is 7.10. The van der Waals surface area contributed by atoms with Gasteiger partial charge in [-0.15, -0.1) is 0 Å². The summed E-state index contributed by atoms with van der Waals surface area (Å²) >= 11 is 0. The number of rotatable bonds is 5. The van der Waals surface area contributed by atoms with Gasteiger partial charge in [0.25, 0.3) is 0 Å². The number of pyridine rings is 2. The zero-order valence-electron chi connectivity index (χ0n) is 20.2. The highest BCUT2D eigenvalue weighted by atomic mass is 19.1. The molecule has 4 aromatic heterocycles. The van der Waals surface area contributed by atoms with E-state index in [1.165, 1.54) is 12.1 Å². The summed E-state index contributed by atoms with van der Waals surface area (Å²) in [5.41, 5.74) is 6.70. The number of carbonyl (C=O) groups excluding carboxylic acids is 1. The van der Waals surface area contributed by atoms with Crippen LogP contribution >= 0.6 is 0 Å². The number of nitrogens with one attached hydrogen (secondary N) is 3. The van der Waals surface area contributed by atoms with Gasteiger partial charge in [-0.2, -0.15) is 5.10 Å². The first kappa shape index (κ1) is 22.3. The fourth-order valence-corrected chi connectivity index (χ4v) is 4.86. The maximum absolute atomic E-state index is 13.9. The molecular weight excluding hydrogens is 481 g/mol. The molecule has 0 spiro atoms. The Bertz CT molecular complexity index is 1840. The molecule has 1 amide bonds. The largest absolute Gasteiger partial charge is 0.337 e. The van der Waals surface area contributed by atoms with E-state index in [4.69, 9.17) is 4.98 Å². The highest BCUT2D eigenvalue weighted by Crippen LogP contribution is 2.33. The van der Waals surface area contributed by atoms with Crippen LogP contribution in [0.3, 0.4) is 0 Å². The van der Waals surface area contributed by atoms with Crippen LogP contribution in [0.1, 0.15) is 19.3 Å². The number of carbonyl (C=O) groups is 1. The van der Waals surface area contributed by atoms with Crippen molar-refractivity contribution in [3.63, 3.8) is 0 Å². The minimum atomic E-state index is -0.298. The summed E-state index contributed by atoms with van der Waals surface area (Å²) in [5.74, 6) is 0.417. The molecule has 0 atom stereocenters. The molecule has 0 radical (unpaired) electrons. The van der Waals surface area contributed by atoms with E-state index in [-0.39, 0.29) is 17.6 Å². The Kier molecular flexibility index (Phi) is 5.21. The Morgan fingerprint density at radius 1 is 0.974 bits per heavy atom. The smallest absolute Gasteiger partial charge is 0.227 e. The average molecular weight is 504 g/mol. The molecule has 6 aromatic rings. The Morgan fingerprint density at radius 2 is 1.84 bits per heavy atom. The first-order valence-electron chi connectivity index (χ1n) is 12.5. The number of imidazole rings is 1. The van der Waals surface area contributed by atoms with E-state index in [1.807, 2.05) is 36.4 Å². The summed E-state index contributed by atoms with van der Waals surface area (Å²) in [7, 11) is 0. The van der Waals surface area contributed by atoms with E-state index in [0.717, 1.165) is 57.9 Å². The number of para-hydroxylation sites is 1. The van der Waals surface area contributed by atoms with Crippen LogP contribution in [0, 0.1) is 11.7 Å². The van der Waals surface area contributed by atoms with E-state index in [2.05, 4.69) is 30.5 Å². The van der Waals surface area contributed by atoms with Crippen LogP contribution in [0.2, 0.25) is 0 Å². The van der Waals surface area contributed by atoms with Crippen LogP contribution in [0.5, 0.6) is 0 Å². The quantitative estimate of drug-likeness (QED) is 0.263. The molecule has 3 N–H and O–H groups in total. The summed E-state index contributed by atoms with van der Waals surface area (Å²) in [6.45, 7) is 0. The Morgan fingerprint density at radius 3 is 2.68 bits per heavy atom. The number of fused-ring (bicyclic) bond motifs is 2. The zero-order valence-corrected chi connectivity index (χ0v) is 20.2. The first-order chi connectivity index (χ1) is 18.6. The number of amides is 1. The lowest BCUT2D eigenvalue weighted by Crippen LogP contribution is -2.28. The molecule has 38 heavy (non-hydrogen) atoms. The number of H-pyrrole nitrogens is 2. The van der Waals surface area contributed by atoms with Crippen molar-refractivity contribution in [1.82, 2.24) is 30.1 Å². The minimum absolute atomic E-state index is 0.0448. The van der Waals surface area contributed by atoms with Gasteiger partial charge in [-0.05, 0) is 48.7 Å². The number of aromatic nitrogens is 6. The van der Waals surface area contributed by atoms with Crippen LogP contribution in [-0.2, 0) is 4.79 Å². The van der Waals surface area contributed by atoms with Crippen molar-refractivity contribution in [3.8, 4) is 33.8 Å². The summed E-state index contributed by atoms with van der Waals surface area (Å²) in [5, 5.41) is 11.2. The number of aromatic amines is 2. The molecular formula is C29H22FN7O. The van der Waals surface area contributed by atoms with E-state index < -0.39 is 0 Å². The van der Waals surface area contributed by atoms with Crippen LogP contribution < -0.4 is 5.32 Å². The van der Waals surface area contributed by atoms with Crippen molar-refractivity contribution < 1.29 is 9.18 Å². The summed E-state index contributed by atoms with van der Waals surface area (Å²) in [6, 6.07) is 16.1. The standard InChI is InChI=1S/C29H22FN7O/c30-20-7-2-6-17(10-20)22-8-3-9-24-25(22)35-28(34-24)26-23-12-19(14-32-27(23)37-36-26)18-11-21(15-31-13-18)33-29(38)16-4-1-5-16/h2-3,6-16H,1,4-5H2,(H,33,38)(H,34,35)(H,32,36,37). The van der Waals surface area contributed by atoms with Crippen molar-refractivity contribution in [2.75, 3.05) is 5.32 Å². The van der Waals surface area contributed by atoms with E-state index in [0.29, 0.717) is 22.9 Å². The second-order valence-electron chi connectivity index (χ2n) is 9.57. The second kappa shape index (κ2) is 8.88. The summed E-state index contributed by atoms with van der Waals surface area (Å²) in [4.78, 5) is 29.5. The second-order valence-corrected chi connectivity index (χ2v) is 9.57. The first-order valence-corrected chi connectivity index (χ1v) is 12.5. The van der Waals surface area contributed by atoms with E-state index >= 15 is 0 Å². The third kappa shape index (κ3) is 3.88. The van der Waals surface area contributed by atoms with Gasteiger partial charge in [-0.3, -0.25) is 14.9 Å². The van der Waals surface area contributed by atoms with Gasteiger partial charge in [0.15, 0.2) is 11.5 Å². The lowest BCUT2D eigenvalue weighted by molar-refractivity contribution is -0.122. The highest BCUT2D eigenvalue weighted by Gasteiger charge is 2.25. The maximum atomic E-state index is 13.9. The lowest BCUT2D eigenvalue weighted by atomic mass is 9.85. The summed E-state index contributed by atoms with van der Waals surface area (Å²) in [6.07, 6.45) is 8.13. The molecule has 0 saturated heterocycles. The van der Waals surface area contributed by atoms with Gasteiger partial charge < -0.3 is 10.3 Å². The maximum Gasteiger partial charge on any atom is 0.227 e. The van der Waals surface area contributed by atoms with E-state index in [1.54, 1.807) is 24.7 Å². The number of benzene rings is 2. The molecule has 0 aliphatic heterocycles. The van der Waals surface area contributed by atoms with Gasteiger partial charge in [0.1, 0.15) is 11.5 Å². The number of halogens is 1. The topological polar surface area (TPSA) is 112 Å². The zero-order chi connectivity index (χ0) is 25.6. The SMILES string of the molecule is O=C(Nc1cncc(-c2cnc3[nH]nc(-c4nc5c(-c6cccc(F)c6)cccc5[nH]4)c3c2)c1)C1CCC1. The fourth-order valence-electron chi connectivity index (χ4n) is 4.86. The van der Waals surface area contributed by atoms with Gasteiger partial charge in [-0.25, -0.2) is 14.4 Å². The Balaban J connectivity index is 1.26. The molecule has 9 heteroatoms. The van der Waals surface area contributed by atoms with Gasteiger partial charge in [0.05, 0.1) is 28.3 Å². The van der Waals surface area contributed by atoms with Gasteiger partial charge in [0.2, 0.25) is 5.91 Å². The fraction of sp³-hybridized carbons (Fsp3) is 0.138. The molecule has 7 rings (SSSR count). The molecule has 2 aromatic carbocycles. The number of hydrogen-bond donors (Lipinski definition) is 3. The van der Waals surface area contributed by atoms with Crippen LogP contribution in [0.4, 0.5) is 10.1 Å². The highest BCUT2D eigenvalue weighted by molar-refractivity contribution is 5.97. The predicted molar refractivity (Wildman–Crippen MR) is 144 cm³/mol. The van der Waals surface area contributed by atoms with E-state index in [9.17, 15) is 9.18 Å². The predicted octanol–water partition coefficient (Wildman–Crippen LogP) is 6.11. The Labute approximate surface area is 216 Å². The number of nitrogens with zero attached hydrogens (tertiary/aromatic N) is 4. The van der Waals surface area contributed by atoms with Crippen molar-refractivity contribution in [1.29, 1.82) is 0 Å². The van der Waals surface area contributed by atoms with Crippen molar-refractivity contribution in [2.24, 2.45) is 5.92 Å². The molecule has 1 aliphatic rings. The molecule has 186 valence electrons. The van der Waals surface area contributed by atoms with Crippen LogP contribution in [0.25, 0.3) is 55.8 Å². The van der Waals surface area contributed by atoms with Crippen LogP contribution in [-0.4, -0.2) is 36.0 Å². The third-order valence-electron chi connectivity index (χ3n) is 7.10. The summed E-state index contributed by atoms with van der Waals surface area (Å²) < 4.78 is 13.9. The van der Waals surface area contributed by atoms with Gasteiger partial charge in [-0.1, -0.05) is 30.7 Å². The minimum Gasteiger partial charge on any atom is -0.337 e. The monoisotopic (exact) mass is 503 g/mol. The van der Waals surface area contributed by atoms with Gasteiger partial charge in [0, 0.05) is 35.0 Å². The molecule has 1 aliphatic carbocycles. The van der Waals surface area contributed by atoms with Crippen molar-refractivity contribution in [3.05, 3.63) is 79.0 Å². The normalized spacial score (nSPS) is 13.6. The lowest BCUT2D eigenvalue weighted by Gasteiger charge is -2.24. The van der Waals surface area contributed by atoms with Crippen molar-refractivity contribution >= 4 is 33.7 Å². The number of anilines is 1. The van der Waals surface area contributed by atoms with Crippen LogP contribution in [0.15, 0.2) is 73.2 Å². The Hall–Kier alpha value is -4.92. The molecule has 8 nitrogen and oxygen atoms in total.